The molecule has 0 aromatic carbocycles. The van der Waals surface area contributed by atoms with Crippen molar-refractivity contribution in [2.45, 2.75) is 64.5 Å². The molecule has 0 atom stereocenters. The third-order valence-electron chi connectivity index (χ3n) is 3.73. The molecule has 0 fully saturated rings. The molecule has 0 saturated carbocycles. The zero-order chi connectivity index (χ0) is 17.1. The SMILES string of the molecule is CCCCCc1c(O)nc(SCCN(CCC)CCC)[nH]c1=O. The van der Waals surface area contributed by atoms with Gasteiger partial charge in [0.2, 0.25) is 5.88 Å². The number of unbranched alkanes of at least 4 members (excludes halogenated alkanes) is 2. The van der Waals surface area contributed by atoms with Crippen molar-refractivity contribution < 1.29 is 5.11 Å². The molecule has 132 valence electrons. The number of H-pyrrole nitrogens is 1. The average Bonchev–Trinajstić information content (AvgIpc) is 2.50. The molecule has 23 heavy (non-hydrogen) atoms. The number of nitrogens with zero attached hydrogens (tertiary/aromatic N) is 2. The van der Waals surface area contributed by atoms with E-state index < -0.39 is 0 Å². The van der Waals surface area contributed by atoms with Crippen molar-refractivity contribution >= 4 is 11.8 Å². The summed E-state index contributed by atoms with van der Waals surface area (Å²) in [5, 5.41) is 10.5. The van der Waals surface area contributed by atoms with Crippen LogP contribution in [0.3, 0.4) is 0 Å². The normalized spacial score (nSPS) is 11.3. The maximum absolute atomic E-state index is 12.1. The summed E-state index contributed by atoms with van der Waals surface area (Å²) in [4.78, 5) is 21.4. The van der Waals surface area contributed by atoms with E-state index in [-0.39, 0.29) is 11.4 Å². The van der Waals surface area contributed by atoms with Gasteiger partial charge in [-0.1, -0.05) is 45.4 Å². The predicted molar refractivity (Wildman–Crippen MR) is 97.5 cm³/mol. The number of hydrogen-bond donors (Lipinski definition) is 2. The molecule has 1 rings (SSSR count). The van der Waals surface area contributed by atoms with E-state index in [4.69, 9.17) is 0 Å². The second-order valence-electron chi connectivity index (χ2n) is 5.82. The van der Waals surface area contributed by atoms with Gasteiger partial charge in [0.1, 0.15) is 0 Å². The number of rotatable bonds is 12. The average molecular weight is 342 g/mol. The maximum atomic E-state index is 12.1. The maximum Gasteiger partial charge on any atom is 0.258 e. The molecule has 0 radical (unpaired) electrons. The molecule has 6 heteroatoms. The van der Waals surface area contributed by atoms with E-state index in [0.717, 1.165) is 57.5 Å². The number of aromatic hydroxyl groups is 1. The van der Waals surface area contributed by atoms with Crippen LogP contribution >= 0.6 is 11.8 Å². The Morgan fingerprint density at radius 2 is 1.78 bits per heavy atom. The summed E-state index contributed by atoms with van der Waals surface area (Å²) >= 11 is 1.50. The first-order valence-corrected chi connectivity index (χ1v) is 9.78. The Kier molecular flexibility index (Phi) is 10.0. The Morgan fingerprint density at radius 3 is 2.35 bits per heavy atom. The van der Waals surface area contributed by atoms with Gasteiger partial charge in [0.25, 0.3) is 5.56 Å². The minimum atomic E-state index is -0.199. The molecule has 2 N–H and O–H groups in total. The highest BCUT2D eigenvalue weighted by Gasteiger charge is 2.11. The lowest BCUT2D eigenvalue weighted by Gasteiger charge is -2.20. The minimum Gasteiger partial charge on any atom is -0.493 e. The molecular weight excluding hydrogens is 310 g/mol. The molecule has 0 unspecified atom stereocenters. The summed E-state index contributed by atoms with van der Waals surface area (Å²) in [5.41, 5.74) is 0.219. The Hall–Kier alpha value is -1.01. The smallest absolute Gasteiger partial charge is 0.258 e. The fourth-order valence-corrected chi connectivity index (χ4v) is 3.41. The highest BCUT2D eigenvalue weighted by Crippen LogP contribution is 2.18. The lowest BCUT2D eigenvalue weighted by molar-refractivity contribution is 0.292. The molecule has 0 aliphatic rings. The molecule has 0 aliphatic heterocycles. The molecule has 0 saturated heterocycles. The van der Waals surface area contributed by atoms with Crippen LogP contribution in [-0.2, 0) is 6.42 Å². The standard InChI is InChI=1S/C17H31N3O2S/c1-4-7-8-9-14-15(21)18-17(19-16(14)22)23-13-12-20(10-5-2)11-6-3/h4-13H2,1-3H3,(H2,18,19,21,22). The highest BCUT2D eigenvalue weighted by molar-refractivity contribution is 7.99. The quantitative estimate of drug-likeness (QED) is 0.346. The van der Waals surface area contributed by atoms with Crippen LogP contribution in [0.4, 0.5) is 0 Å². The van der Waals surface area contributed by atoms with Gasteiger partial charge in [0.05, 0.1) is 5.56 Å². The second-order valence-corrected chi connectivity index (χ2v) is 6.90. The Balaban J connectivity index is 2.56. The molecule has 0 bridgehead atoms. The fourth-order valence-electron chi connectivity index (χ4n) is 2.55. The largest absolute Gasteiger partial charge is 0.493 e. The van der Waals surface area contributed by atoms with E-state index in [9.17, 15) is 9.90 Å². The summed E-state index contributed by atoms with van der Waals surface area (Å²) in [7, 11) is 0. The number of aromatic nitrogens is 2. The molecule has 1 aromatic rings. The van der Waals surface area contributed by atoms with Crippen molar-refractivity contribution in [2.75, 3.05) is 25.4 Å². The fraction of sp³-hybridized carbons (Fsp3) is 0.765. The first-order chi connectivity index (χ1) is 11.1. The van der Waals surface area contributed by atoms with Crippen molar-refractivity contribution in [3.05, 3.63) is 15.9 Å². The third kappa shape index (κ3) is 7.40. The van der Waals surface area contributed by atoms with E-state index in [1.807, 2.05) is 0 Å². The zero-order valence-electron chi connectivity index (χ0n) is 14.7. The van der Waals surface area contributed by atoms with Gasteiger partial charge in [-0.25, -0.2) is 0 Å². The number of thioether (sulfide) groups is 1. The molecule has 1 heterocycles. The first kappa shape index (κ1) is 20.0. The van der Waals surface area contributed by atoms with Crippen molar-refractivity contribution in [2.24, 2.45) is 0 Å². The monoisotopic (exact) mass is 341 g/mol. The van der Waals surface area contributed by atoms with E-state index in [1.54, 1.807) is 0 Å². The number of nitrogens with one attached hydrogen (secondary N) is 1. The number of aromatic amines is 1. The van der Waals surface area contributed by atoms with Crippen LogP contribution in [0.25, 0.3) is 0 Å². The molecule has 0 spiro atoms. The van der Waals surface area contributed by atoms with Crippen molar-refractivity contribution in [3.63, 3.8) is 0 Å². The van der Waals surface area contributed by atoms with E-state index in [0.29, 0.717) is 17.1 Å². The van der Waals surface area contributed by atoms with E-state index >= 15 is 0 Å². The van der Waals surface area contributed by atoms with Crippen LogP contribution in [0.15, 0.2) is 9.95 Å². The lowest BCUT2D eigenvalue weighted by Crippen LogP contribution is -2.28. The summed E-state index contributed by atoms with van der Waals surface area (Å²) in [6, 6.07) is 0. The second kappa shape index (κ2) is 11.5. The van der Waals surface area contributed by atoms with Gasteiger partial charge in [-0.05, 0) is 38.8 Å². The minimum absolute atomic E-state index is 0.105. The van der Waals surface area contributed by atoms with Gasteiger partial charge in [0.15, 0.2) is 5.16 Å². The van der Waals surface area contributed by atoms with Crippen molar-refractivity contribution in [3.8, 4) is 5.88 Å². The summed E-state index contributed by atoms with van der Waals surface area (Å²) < 4.78 is 0. The van der Waals surface area contributed by atoms with Gasteiger partial charge in [-0.15, -0.1) is 0 Å². The Morgan fingerprint density at radius 1 is 1.09 bits per heavy atom. The third-order valence-corrected chi connectivity index (χ3v) is 4.58. The van der Waals surface area contributed by atoms with Gasteiger partial charge < -0.3 is 15.0 Å². The number of hydrogen-bond acceptors (Lipinski definition) is 5. The van der Waals surface area contributed by atoms with Gasteiger partial charge in [-0.2, -0.15) is 4.98 Å². The highest BCUT2D eigenvalue weighted by atomic mass is 32.2. The van der Waals surface area contributed by atoms with Gasteiger partial charge in [0, 0.05) is 12.3 Å². The summed E-state index contributed by atoms with van der Waals surface area (Å²) in [6.45, 7) is 9.64. The van der Waals surface area contributed by atoms with Gasteiger partial charge in [-0.3, -0.25) is 4.79 Å². The van der Waals surface area contributed by atoms with E-state index in [1.165, 1.54) is 11.8 Å². The van der Waals surface area contributed by atoms with Gasteiger partial charge >= 0.3 is 0 Å². The topological polar surface area (TPSA) is 69.2 Å². The molecule has 1 aromatic heterocycles. The van der Waals surface area contributed by atoms with Crippen LogP contribution in [-0.4, -0.2) is 45.4 Å². The summed E-state index contributed by atoms with van der Waals surface area (Å²) in [5.74, 6) is 0.753. The van der Waals surface area contributed by atoms with Crippen LogP contribution in [0.5, 0.6) is 5.88 Å². The van der Waals surface area contributed by atoms with Crippen molar-refractivity contribution in [1.82, 2.24) is 14.9 Å². The zero-order valence-corrected chi connectivity index (χ0v) is 15.5. The molecule has 0 amide bonds. The van der Waals surface area contributed by atoms with Crippen LogP contribution in [0, 0.1) is 0 Å². The Bertz CT molecular complexity index is 499. The lowest BCUT2D eigenvalue weighted by atomic mass is 10.1. The van der Waals surface area contributed by atoms with E-state index in [2.05, 4.69) is 35.6 Å². The van der Waals surface area contributed by atoms with Crippen LogP contribution in [0.2, 0.25) is 0 Å². The molecular formula is C17H31N3O2S. The Labute approximate surface area is 143 Å². The predicted octanol–water partition coefficient (Wildman–Crippen LogP) is 3.42. The van der Waals surface area contributed by atoms with Crippen LogP contribution in [0.1, 0.15) is 58.4 Å². The molecule has 0 aliphatic carbocycles. The summed E-state index contributed by atoms with van der Waals surface area (Å²) in [6.07, 6.45) is 5.93. The van der Waals surface area contributed by atoms with Crippen molar-refractivity contribution in [1.29, 1.82) is 0 Å². The molecule has 5 nitrogen and oxygen atoms in total. The first-order valence-electron chi connectivity index (χ1n) is 8.79. The van der Waals surface area contributed by atoms with Crippen LogP contribution < -0.4 is 5.56 Å².